The summed E-state index contributed by atoms with van der Waals surface area (Å²) in [5, 5.41) is 4.29. The minimum atomic E-state index is -3.11. The number of aromatic nitrogens is 4. The molecule has 3 heterocycles. The molecule has 4 aromatic rings. The standard InChI is InChI=1S/C18H13F3N4O2/c1-10-22-7-13(26-10)9-25-16-4-12(6-23-15(16)8-24-25)11-2-3-14(19)17(5-11)27-18(20)21/h2-8,18H,9H2,1H3. The number of rotatable bonds is 5. The van der Waals surface area contributed by atoms with Gasteiger partial charge in [0.2, 0.25) is 0 Å². The van der Waals surface area contributed by atoms with Crippen molar-refractivity contribution in [3.05, 3.63) is 60.3 Å². The summed E-state index contributed by atoms with van der Waals surface area (Å²) in [5.41, 5.74) is 2.46. The lowest BCUT2D eigenvalue weighted by molar-refractivity contribution is -0.0521. The van der Waals surface area contributed by atoms with Gasteiger partial charge in [0.05, 0.1) is 17.9 Å². The first-order chi connectivity index (χ1) is 13.0. The minimum absolute atomic E-state index is 0.360. The number of hydrogen-bond acceptors (Lipinski definition) is 5. The number of hydrogen-bond donors (Lipinski definition) is 0. The van der Waals surface area contributed by atoms with Crippen molar-refractivity contribution in [3.8, 4) is 16.9 Å². The van der Waals surface area contributed by atoms with Crippen LogP contribution in [-0.4, -0.2) is 26.4 Å². The molecule has 4 rings (SSSR count). The van der Waals surface area contributed by atoms with Crippen LogP contribution in [0.2, 0.25) is 0 Å². The van der Waals surface area contributed by atoms with Crippen LogP contribution >= 0.6 is 0 Å². The van der Waals surface area contributed by atoms with Crippen LogP contribution < -0.4 is 4.74 Å². The van der Waals surface area contributed by atoms with Crippen molar-refractivity contribution in [2.75, 3.05) is 0 Å². The molecule has 1 aromatic carbocycles. The molecule has 0 spiro atoms. The highest BCUT2D eigenvalue weighted by molar-refractivity contribution is 5.80. The first-order valence-corrected chi connectivity index (χ1v) is 7.97. The van der Waals surface area contributed by atoms with Gasteiger partial charge < -0.3 is 9.15 Å². The molecule has 0 aliphatic heterocycles. The molecule has 27 heavy (non-hydrogen) atoms. The van der Waals surface area contributed by atoms with Crippen molar-refractivity contribution in [2.45, 2.75) is 20.1 Å². The lowest BCUT2D eigenvalue weighted by Crippen LogP contribution is -2.03. The summed E-state index contributed by atoms with van der Waals surface area (Å²) >= 11 is 0. The van der Waals surface area contributed by atoms with E-state index in [9.17, 15) is 13.2 Å². The SMILES string of the molecule is Cc1ncc(Cn2ncc3ncc(-c4ccc(F)c(OC(F)F)c4)cc32)o1. The Labute approximate surface area is 151 Å². The average molecular weight is 374 g/mol. The summed E-state index contributed by atoms with van der Waals surface area (Å²) in [5.74, 6) is -0.192. The number of pyridine rings is 1. The second-order valence-electron chi connectivity index (χ2n) is 5.80. The Morgan fingerprint density at radius 1 is 1.11 bits per heavy atom. The van der Waals surface area contributed by atoms with E-state index in [4.69, 9.17) is 4.42 Å². The third-order valence-electron chi connectivity index (χ3n) is 3.95. The fraction of sp³-hybridized carbons (Fsp3) is 0.167. The fourth-order valence-electron chi connectivity index (χ4n) is 2.74. The molecule has 0 unspecified atom stereocenters. The Morgan fingerprint density at radius 3 is 2.70 bits per heavy atom. The van der Waals surface area contributed by atoms with E-state index in [1.807, 2.05) is 0 Å². The van der Waals surface area contributed by atoms with Crippen molar-refractivity contribution in [1.29, 1.82) is 0 Å². The van der Waals surface area contributed by atoms with E-state index < -0.39 is 18.2 Å². The first-order valence-electron chi connectivity index (χ1n) is 7.97. The normalized spacial score (nSPS) is 11.4. The summed E-state index contributed by atoms with van der Waals surface area (Å²) in [6.45, 7) is -1.00. The molecule has 0 atom stereocenters. The number of fused-ring (bicyclic) bond motifs is 1. The number of nitrogens with zero attached hydrogens (tertiary/aromatic N) is 4. The maximum Gasteiger partial charge on any atom is 0.387 e. The smallest absolute Gasteiger partial charge is 0.387 e. The third-order valence-corrected chi connectivity index (χ3v) is 3.95. The zero-order valence-electron chi connectivity index (χ0n) is 14.1. The maximum atomic E-state index is 13.7. The highest BCUT2D eigenvalue weighted by atomic mass is 19.3. The van der Waals surface area contributed by atoms with Gasteiger partial charge in [0, 0.05) is 18.7 Å². The second-order valence-corrected chi connectivity index (χ2v) is 5.80. The lowest BCUT2D eigenvalue weighted by atomic mass is 10.1. The van der Waals surface area contributed by atoms with Gasteiger partial charge in [0.25, 0.3) is 0 Å². The van der Waals surface area contributed by atoms with E-state index in [-0.39, 0.29) is 0 Å². The van der Waals surface area contributed by atoms with Crippen LogP contribution in [-0.2, 0) is 6.54 Å². The zero-order chi connectivity index (χ0) is 19.0. The summed E-state index contributed by atoms with van der Waals surface area (Å²) < 4.78 is 49.9. The van der Waals surface area contributed by atoms with Gasteiger partial charge in [-0.3, -0.25) is 9.67 Å². The van der Waals surface area contributed by atoms with Crippen LogP contribution in [0.1, 0.15) is 11.7 Å². The highest BCUT2D eigenvalue weighted by Gasteiger charge is 2.13. The van der Waals surface area contributed by atoms with Crippen LogP contribution in [0.3, 0.4) is 0 Å². The molecule has 0 fully saturated rings. The van der Waals surface area contributed by atoms with Crippen molar-refractivity contribution in [2.24, 2.45) is 0 Å². The Balaban J connectivity index is 1.72. The molecular formula is C18H13F3N4O2. The molecule has 0 radical (unpaired) electrons. The van der Waals surface area contributed by atoms with Crippen molar-refractivity contribution in [1.82, 2.24) is 19.7 Å². The summed E-state index contributed by atoms with van der Waals surface area (Å²) in [4.78, 5) is 8.38. The highest BCUT2D eigenvalue weighted by Crippen LogP contribution is 2.29. The van der Waals surface area contributed by atoms with Crippen molar-refractivity contribution >= 4 is 11.0 Å². The van der Waals surface area contributed by atoms with Gasteiger partial charge in [0.15, 0.2) is 17.5 Å². The van der Waals surface area contributed by atoms with Crippen LogP contribution in [0.5, 0.6) is 5.75 Å². The van der Waals surface area contributed by atoms with Crippen molar-refractivity contribution in [3.63, 3.8) is 0 Å². The molecular weight excluding hydrogens is 361 g/mol. The van der Waals surface area contributed by atoms with Gasteiger partial charge in [-0.15, -0.1) is 0 Å². The number of ether oxygens (including phenoxy) is 1. The Morgan fingerprint density at radius 2 is 1.96 bits per heavy atom. The maximum absolute atomic E-state index is 13.7. The Hall–Kier alpha value is -3.36. The van der Waals surface area contributed by atoms with E-state index in [0.29, 0.717) is 40.4 Å². The minimum Gasteiger partial charge on any atom is -0.444 e. The van der Waals surface area contributed by atoms with E-state index in [0.717, 1.165) is 6.07 Å². The Kier molecular flexibility index (Phi) is 4.27. The molecule has 6 nitrogen and oxygen atoms in total. The zero-order valence-corrected chi connectivity index (χ0v) is 14.1. The predicted octanol–water partition coefficient (Wildman–Crippen LogP) is 4.18. The predicted molar refractivity (Wildman–Crippen MR) is 89.9 cm³/mol. The van der Waals surface area contributed by atoms with Crippen LogP contribution in [0.15, 0.2) is 47.3 Å². The van der Waals surface area contributed by atoms with E-state index in [1.165, 1.54) is 12.1 Å². The molecule has 0 N–H and O–H groups in total. The molecule has 138 valence electrons. The topological polar surface area (TPSA) is 66.0 Å². The van der Waals surface area contributed by atoms with Gasteiger partial charge in [-0.2, -0.15) is 13.9 Å². The van der Waals surface area contributed by atoms with E-state index in [1.54, 1.807) is 36.3 Å². The molecule has 0 saturated carbocycles. The van der Waals surface area contributed by atoms with Crippen molar-refractivity contribution < 1.29 is 22.3 Å². The average Bonchev–Trinajstić information content (AvgIpc) is 3.23. The number of alkyl halides is 2. The van der Waals surface area contributed by atoms with Gasteiger partial charge in [-0.25, -0.2) is 9.37 Å². The summed E-state index contributed by atoms with van der Waals surface area (Å²) in [6.07, 6.45) is 4.79. The van der Waals surface area contributed by atoms with E-state index in [2.05, 4.69) is 19.8 Å². The van der Waals surface area contributed by atoms with Gasteiger partial charge in [0.1, 0.15) is 17.8 Å². The quantitative estimate of drug-likeness (QED) is 0.524. The van der Waals surface area contributed by atoms with E-state index >= 15 is 0 Å². The summed E-state index contributed by atoms with van der Waals surface area (Å²) in [6, 6.07) is 5.55. The number of oxazole rings is 1. The number of aryl methyl sites for hydroxylation is 1. The lowest BCUT2D eigenvalue weighted by Gasteiger charge is -2.09. The monoisotopic (exact) mass is 374 g/mol. The van der Waals surface area contributed by atoms with Crippen LogP contribution in [0.4, 0.5) is 13.2 Å². The number of benzene rings is 1. The molecule has 0 bridgehead atoms. The Bertz CT molecular complexity index is 1110. The summed E-state index contributed by atoms with van der Waals surface area (Å²) in [7, 11) is 0. The largest absolute Gasteiger partial charge is 0.444 e. The molecule has 3 aromatic heterocycles. The molecule has 9 heteroatoms. The van der Waals surface area contributed by atoms with Gasteiger partial charge in [-0.1, -0.05) is 6.07 Å². The molecule has 0 amide bonds. The number of halogens is 3. The fourth-order valence-corrected chi connectivity index (χ4v) is 2.74. The molecule has 0 aliphatic rings. The third kappa shape index (κ3) is 3.48. The first kappa shape index (κ1) is 17.1. The molecule has 0 saturated heterocycles. The van der Waals surface area contributed by atoms with Crippen LogP contribution in [0.25, 0.3) is 22.2 Å². The van der Waals surface area contributed by atoms with Crippen LogP contribution in [0, 0.1) is 12.7 Å². The second kappa shape index (κ2) is 6.75. The molecule has 0 aliphatic carbocycles. The van der Waals surface area contributed by atoms with Gasteiger partial charge >= 0.3 is 6.61 Å². The van der Waals surface area contributed by atoms with Gasteiger partial charge in [-0.05, 0) is 23.8 Å².